The fourth-order valence-electron chi connectivity index (χ4n) is 1.15. The molecule has 0 aliphatic carbocycles. The molecule has 0 aromatic carbocycles. The molecule has 0 rings (SSSR count). The molecule has 0 aliphatic rings. The van der Waals surface area contributed by atoms with Crippen LogP contribution in [0.25, 0.3) is 0 Å². The van der Waals surface area contributed by atoms with Crippen molar-refractivity contribution in [1.82, 2.24) is 4.90 Å². The first-order valence-corrected chi connectivity index (χ1v) is 5.17. The van der Waals surface area contributed by atoms with Crippen LogP contribution >= 0.6 is 12.2 Å². The zero-order chi connectivity index (χ0) is 9.40. The number of rotatable bonds is 6. The van der Waals surface area contributed by atoms with Gasteiger partial charge in [-0.15, -0.1) is 0 Å². The smallest absolute Gasteiger partial charge is 0.166 e. The van der Waals surface area contributed by atoms with E-state index in [2.05, 4.69) is 13.8 Å². The Hall–Kier alpha value is -0.310. The Morgan fingerprint density at radius 1 is 1.25 bits per heavy atom. The normalized spacial score (nSPS) is 9.83. The van der Waals surface area contributed by atoms with Gasteiger partial charge in [0.15, 0.2) is 5.11 Å². The van der Waals surface area contributed by atoms with Crippen molar-refractivity contribution in [2.45, 2.75) is 39.5 Å². The summed E-state index contributed by atoms with van der Waals surface area (Å²) in [6.07, 6.45) is 5.09. The van der Waals surface area contributed by atoms with Crippen molar-refractivity contribution in [2.24, 2.45) is 5.73 Å². The van der Waals surface area contributed by atoms with Crippen LogP contribution < -0.4 is 5.73 Å². The molecule has 0 heterocycles. The molecule has 0 spiro atoms. The monoisotopic (exact) mass is 188 g/mol. The lowest BCUT2D eigenvalue weighted by atomic mass is 10.2. The summed E-state index contributed by atoms with van der Waals surface area (Å²) in [6.45, 7) is 6.25. The van der Waals surface area contributed by atoms with E-state index in [4.69, 9.17) is 18.0 Å². The minimum atomic E-state index is 0.536. The number of thiocarbonyl (C=S) groups is 1. The summed E-state index contributed by atoms with van der Waals surface area (Å²) in [6, 6.07) is 0. The number of nitrogens with two attached hydrogens (primary N) is 1. The summed E-state index contributed by atoms with van der Waals surface area (Å²) >= 11 is 4.90. The third-order valence-electron chi connectivity index (χ3n) is 1.97. The van der Waals surface area contributed by atoms with E-state index in [0.717, 1.165) is 13.1 Å². The maximum atomic E-state index is 5.52. The Morgan fingerprint density at radius 2 is 1.92 bits per heavy atom. The molecular formula is C9H20N2S. The van der Waals surface area contributed by atoms with Gasteiger partial charge < -0.3 is 10.6 Å². The highest BCUT2D eigenvalue weighted by atomic mass is 32.1. The Bertz CT molecular complexity index is 126. The van der Waals surface area contributed by atoms with Crippen molar-refractivity contribution < 1.29 is 0 Å². The van der Waals surface area contributed by atoms with Crippen LogP contribution in [0.2, 0.25) is 0 Å². The van der Waals surface area contributed by atoms with Gasteiger partial charge in [0.1, 0.15) is 0 Å². The van der Waals surface area contributed by atoms with Crippen molar-refractivity contribution in [2.75, 3.05) is 13.1 Å². The number of unbranched alkanes of at least 4 members (excludes halogenated alkanes) is 3. The van der Waals surface area contributed by atoms with E-state index in [9.17, 15) is 0 Å². The van der Waals surface area contributed by atoms with Gasteiger partial charge in [0, 0.05) is 13.1 Å². The van der Waals surface area contributed by atoms with Crippen LogP contribution in [0.3, 0.4) is 0 Å². The van der Waals surface area contributed by atoms with E-state index in [-0.39, 0.29) is 0 Å². The summed E-state index contributed by atoms with van der Waals surface area (Å²) in [4.78, 5) is 2.05. The minimum absolute atomic E-state index is 0.536. The van der Waals surface area contributed by atoms with Gasteiger partial charge in [0.05, 0.1) is 0 Å². The van der Waals surface area contributed by atoms with Crippen molar-refractivity contribution in [1.29, 1.82) is 0 Å². The molecule has 0 aromatic heterocycles. The van der Waals surface area contributed by atoms with Crippen molar-refractivity contribution in [3.8, 4) is 0 Å². The van der Waals surface area contributed by atoms with Crippen LogP contribution in [0, 0.1) is 0 Å². The molecule has 0 fully saturated rings. The predicted molar refractivity (Wildman–Crippen MR) is 58.2 cm³/mol. The Morgan fingerprint density at radius 3 is 2.33 bits per heavy atom. The van der Waals surface area contributed by atoms with Gasteiger partial charge in [-0.1, -0.05) is 26.2 Å². The molecule has 3 heteroatoms. The Kier molecular flexibility index (Phi) is 7.16. The van der Waals surface area contributed by atoms with Crippen LogP contribution in [0.1, 0.15) is 39.5 Å². The highest BCUT2D eigenvalue weighted by Crippen LogP contribution is 2.00. The summed E-state index contributed by atoms with van der Waals surface area (Å²) in [5.74, 6) is 0. The molecule has 0 radical (unpaired) electrons. The fraction of sp³-hybridized carbons (Fsp3) is 0.889. The molecule has 12 heavy (non-hydrogen) atoms. The second-order valence-electron chi connectivity index (χ2n) is 2.98. The van der Waals surface area contributed by atoms with Gasteiger partial charge in [-0.2, -0.15) is 0 Å². The van der Waals surface area contributed by atoms with Crippen molar-refractivity contribution in [3.05, 3.63) is 0 Å². The molecule has 0 saturated heterocycles. The minimum Gasteiger partial charge on any atom is -0.376 e. The maximum absolute atomic E-state index is 5.52. The summed E-state index contributed by atoms with van der Waals surface area (Å²) in [7, 11) is 0. The number of hydrogen-bond donors (Lipinski definition) is 1. The first kappa shape index (κ1) is 11.7. The standard InChI is InChI=1S/C9H20N2S/c1-3-5-6-7-8-11(4-2)9(10)12/h3-8H2,1-2H3,(H2,10,12). The highest BCUT2D eigenvalue weighted by Gasteiger charge is 2.01. The third kappa shape index (κ3) is 5.35. The summed E-state index contributed by atoms with van der Waals surface area (Å²) in [5, 5.41) is 0.536. The average molecular weight is 188 g/mol. The van der Waals surface area contributed by atoms with Crippen LogP contribution in [0.5, 0.6) is 0 Å². The van der Waals surface area contributed by atoms with Crippen LogP contribution in [-0.2, 0) is 0 Å². The molecule has 2 nitrogen and oxygen atoms in total. The predicted octanol–water partition coefficient (Wildman–Crippen LogP) is 2.13. The Labute approximate surface area is 81.1 Å². The molecule has 0 aliphatic heterocycles. The second-order valence-corrected chi connectivity index (χ2v) is 3.40. The molecular weight excluding hydrogens is 168 g/mol. The zero-order valence-electron chi connectivity index (χ0n) is 8.18. The van der Waals surface area contributed by atoms with Crippen molar-refractivity contribution in [3.63, 3.8) is 0 Å². The van der Waals surface area contributed by atoms with Crippen LogP contribution in [-0.4, -0.2) is 23.1 Å². The molecule has 0 unspecified atom stereocenters. The molecule has 72 valence electrons. The summed E-state index contributed by atoms with van der Waals surface area (Å²) < 4.78 is 0. The first-order valence-electron chi connectivity index (χ1n) is 4.76. The molecule has 0 saturated carbocycles. The third-order valence-corrected chi connectivity index (χ3v) is 2.23. The fourth-order valence-corrected chi connectivity index (χ4v) is 1.37. The van der Waals surface area contributed by atoms with Gasteiger partial charge in [-0.3, -0.25) is 0 Å². The van der Waals surface area contributed by atoms with Gasteiger partial charge >= 0.3 is 0 Å². The van der Waals surface area contributed by atoms with Gasteiger partial charge in [0.2, 0.25) is 0 Å². The van der Waals surface area contributed by atoms with Crippen LogP contribution in [0.4, 0.5) is 0 Å². The first-order chi connectivity index (χ1) is 5.72. The summed E-state index contributed by atoms with van der Waals surface area (Å²) in [5.41, 5.74) is 5.52. The van der Waals surface area contributed by atoms with Crippen molar-refractivity contribution >= 4 is 17.3 Å². The Balaban J connectivity index is 3.38. The zero-order valence-corrected chi connectivity index (χ0v) is 8.99. The molecule has 0 amide bonds. The topological polar surface area (TPSA) is 29.3 Å². The van der Waals surface area contributed by atoms with E-state index in [1.807, 2.05) is 4.90 Å². The SMILES string of the molecule is CCCCCCN(CC)C(N)=S. The lowest BCUT2D eigenvalue weighted by molar-refractivity contribution is 0.422. The molecule has 0 aromatic rings. The van der Waals surface area contributed by atoms with E-state index in [1.54, 1.807) is 0 Å². The van der Waals surface area contributed by atoms with Gasteiger partial charge in [-0.05, 0) is 25.6 Å². The van der Waals surface area contributed by atoms with E-state index in [1.165, 1.54) is 25.7 Å². The second kappa shape index (κ2) is 7.35. The molecule has 0 bridgehead atoms. The number of hydrogen-bond acceptors (Lipinski definition) is 1. The highest BCUT2D eigenvalue weighted by molar-refractivity contribution is 7.80. The van der Waals surface area contributed by atoms with E-state index in [0.29, 0.717) is 5.11 Å². The number of nitrogens with zero attached hydrogens (tertiary/aromatic N) is 1. The lowest BCUT2D eigenvalue weighted by Crippen LogP contribution is -2.35. The lowest BCUT2D eigenvalue weighted by Gasteiger charge is -2.20. The molecule has 2 N–H and O–H groups in total. The quantitative estimate of drug-likeness (QED) is 0.511. The molecule has 0 atom stereocenters. The van der Waals surface area contributed by atoms with Gasteiger partial charge in [0.25, 0.3) is 0 Å². The maximum Gasteiger partial charge on any atom is 0.166 e. The van der Waals surface area contributed by atoms with Crippen LogP contribution in [0.15, 0.2) is 0 Å². The van der Waals surface area contributed by atoms with E-state index < -0.39 is 0 Å². The largest absolute Gasteiger partial charge is 0.376 e. The average Bonchev–Trinajstić information content (AvgIpc) is 2.04. The van der Waals surface area contributed by atoms with Gasteiger partial charge in [-0.25, -0.2) is 0 Å². The van der Waals surface area contributed by atoms with E-state index >= 15 is 0 Å².